The number of fused-ring (bicyclic) bond motifs is 1. The normalized spacial score (nSPS) is 26.6. The van der Waals surface area contributed by atoms with Crippen LogP contribution in [-0.4, -0.2) is 34.9 Å². The Labute approximate surface area is 144 Å². The fourth-order valence-electron chi connectivity index (χ4n) is 3.66. The van der Waals surface area contributed by atoms with E-state index < -0.39 is 0 Å². The standard InChI is InChI=1S/C16H23N3O.2ClH/c17-15-6-3-4-12-10-19(11-14(12)15)16(20)8-7-13-5-1-2-9-18-13;;/h1-2,5,9,12,14-15H,3-4,6-8,10-11,17H2;2*1H. The van der Waals surface area contributed by atoms with Crippen molar-refractivity contribution in [2.45, 2.75) is 38.1 Å². The average Bonchev–Trinajstić information content (AvgIpc) is 2.91. The Morgan fingerprint density at radius 2 is 2.09 bits per heavy atom. The fraction of sp³-hybridized carbons (Fsp3) is 0.625. The second-order valence-corrected chi connectivity index (χ2v) is 6.14. The first-order valence-electron chi connectivity index (χ1n) is 7.67. The number of likely N-dealkylation sites (tertiary alicyclic amines) is 1. The van der Waals surface area contributed by atoms with Gasteiger partial charge >= 0.3 is 0 Å². The predicted octanol–water partition coefficient (Wildman–Crippen LogP) is 2.44. The zero-order chi connectivity index (χ0) is 13.9. The Hall–Kier alpha value is -0.840. The van der Waals surface area contributed by atoms with Crippen molar-refractivity contribution in [3.63, 3.8) is 0 Å². The molecule has 1 amide bonds. The number of aryl methyl sites for hydroxylation is 1. The summed E-state index contributed by atoms with van der Waals surface area (Å²) in [7, 11) is 0. The van der Waals surface area contributed by atoms with Gasteiger partial charge in [-0.05, 0) is 43.2 Å². The van der Waals surface area contributed by atoms with E-state index in [0.29, 0.717) is 24.3 Å². The summed E-state index contributed by atoms with van der Waals surface area (Å²) in [6.07, 6.45) is 6.66. The van der Waals surface area contributed by atoms with Gasteiger partial charge in [-0.1, -0.05) is 12.5 Å². The van der Waals surface area contributed by atoms with Crippen LogP contribution in [0.4, 0.5) is 0 Å². The van der Waals surface area contributed by atoms with E-state index in [1.165, 1.54) is 12.8 Å². The van der Waals surface area contributed by atoms with Crippen LogP contribution in [0, 0.1) is 11.8 Å². The van der Waals surface area contributed by atoms with Crippen molar-refractivity contribution >= 4 is 30.7 Å². The van der Waals surface area contributed by atoms with Gasteiger partial charge in [0.1, 0.15) is 0 Å². The van der Waals surface area contributed by atoms with Gasteiger partial charge in [0.2, 0.25) is 5.91 Å². The lowest BCUT2D eigenvalue weighted by atomic mass is 9.78. The first kappa shape index (κ1) is 19.2. The molecule has 2 aliphatic rings. The number of carbonyl (C=O) groups is 1. The zero-order valence-electron chi connectivity index (χ0n) is 12.7. The van der Waals surface area contributed by atoms with Crippen LogP contribution in [0.2, 0.25) is 0 Å². The van der Waals surface area contributed by atoms with Gasteiger partial charge in [0.05, 0.1) is 0 Å². The molecule has 1 saturated heterocycles. The molecular formula is C16H25Cl2N3O. The Morgan fingerprint density at radius 1 is 1.27 bits per heavy atom. The largest absolute Gasteiger partial charge is 0.342 e. The van der Waals surface area contributed by atoms with Crippen LogP contribution in [0.25, 0.3) is 0 Å². The summed E-state index contributed by atoms with van der Waals surface area (Å²) in [5.74, 6) is 1.43. The zero-order valence-corrected chi connectivity index (χ0v) is 14.3. The van der Waals surface area contributed by atoms with Gasteiger partial charge in [-0.3, -0.25) is 9.78 Å². The quantitative estimate of drug-likeness (QED) is 0.915. The van der Waals surface area contributed by atoms with Gasteiger partial charge < -0.3 is 10.6 Å². The van der Waals surface area contributed by atoms with Gasteiger partial charge in [0.25, 0.3) is 0 Å². The molecule has 1 aliphatic carbocycles. The van der Waals surface area contributed by atoms with Crippen LogP contribution >= 0.6 is 24.8 Å². The fourth-order valence-corrected chi connectivity index (χ4v) is 3.66. The third-order valence-electron chi connectivity index (χ3n) is 4.83. The molecule has 0 bridgehead atoms. The summed E-state index contributed by atoms with van der Waals surface area (Å²) in [4.78, 5) is 18.6. The molecule has 2 heterocycles. The number of halogens is 2. The van der Waals surface area contributed by atoms with Gasteiger partial charge in [0, 0.05) is 37.4 Å². The van der Waals surface area contributed by atoms with Crippen LogP contribution in [-0.2, 0) is 11.2 Å². The monoisotopic (exact) mass is 345 g/mol. The van der Waals surface area contributed by atoms with Crippen molar-refractivity contribution in [1.82, 2.24) is 9.88 Å². The molecule has 2 fully saturated rings. The Morgan fingerprint density at radius 3 is 2.77 bits per heavy atom. The summed E-state index contributed by atoms with van der Waals surface area (Å²) in [5, 5.41) is 0. The van der Waals surface area contributed by atoms with Crippen LogP contribution < -0.4 is 5.73 Å². The number of nitrogens with two attached hydrogens (primary N) is 1. The van der Waals surface area contributed by atoms with E-state index in [2.05, 4.69) is 4.98 Å². The minimum absolute atomic E-state index is 0. The van der Waals surface area contributed by atoms with E-state index in [-0.39, 0.29) is 30.7 Å². The molecule has 1 aromatic rings. The molecule has 1 aromatic heterocycles. The molecule has 1 aliphatic heterocycles. The summed E-state index contributed by atoms with van der Waals surface area (Å²) in [6, 6.07) is 6.14. The van der Waals surface area contributed by atoms with Gasteiger partial charge in [0.15, 0.2) is 0 Å². The minimum atomic E-state index is 0. The molecule has 124 valence electrons. The van der Waals surface area contributed by atoms with Crippen molar-refractivity contribution in [3.05, 3.63) is 30.1 Å². The van der Waals surface area contributed by atoms with Crippen molar-refractivity contribution in [1.29, 1.82) is 0 Å². The highest BCUT2D eigenvalue weighted by molar-refractivity contribution is 5.85. The van der Waals surface area contributed by atoms with Crippen molar-refractivity contribution in [2.24, 2.45) is 17.6 Å². The van der Waals surface area contributed by atoms with Crippen LogP contribution in [0.1, 0.15) is 31.4 Å². The maximum absolute atomic E-state index is 12.3. The highest BCUT2D eigenvalue weighted by atomic mass is 35.5. The lowest BCUT2D eigenvalue weighted by molar-refractivity contribution is -0.130. The van der Waals surface area contributed by atoms with Crippen LogP contribution in [0.3, 0.4) is 0 Å². The van der Waals surface area contributed by atoms with E-state index in [9.17, 15) is 4.79 Å². The maximum Gasteiger partial charge on any atom is 0.222 e. The van der Waals surface area contributed by atoms with Crippen LogP contribution in [0.5, 0.6) is 0 Å². The number of carbonyl (C=O) groups excluding carboxylic acids is 1. The molecule has 2 N–H and O–H groups in total. The SMILES string of the molecule is Cl.Cl.NC1CCCC2CN(C(=O)CCc3ccccn3)CC12. The predicted molar refractivity (Wildman–Crippen MR) is 92.4 cm³/mol. The Kier molecular flexibility index (Phi) is 7.60. The molecule has 0 spiro atoms. The Balaban J connectivity index is 0.00000121. The number of nitrogens with zero attached hydrogens (tertiary/aromatic N) is 2. The molecule has 3 rings (SSSR count). The number of amides is 1. The molecule has 6 heteroatoms. The maximum atomic E-state index is 12.3. The number of pyridine rings is 1. The number of rotatable bonds is 3. The second kappa shape index (κ2) is 8.70. The second-order valence-electron chi connectivity index (χ2n) is 6.14. The molecule has 3 atom stereocenters. The number of hydrogen-bond donors (Lipinski definition) is 1. The summed E-state index contributed by atoms with van der Waals surface area (Å²) < 4.78 is 0. The summed E-state index contributed by atoms with van der Waals surface area (Å²) in [5.41, 5.74) is 7.19. The van der Waals surface area contributed by atoms with Gasteiger partial charge in [-0.15, -0.1) is 24.8 Å². The summed E-state index contributed by atoms with van der Waals surface area (Å²) in [6.45, 7) is 1.78. The molecule has 4 nitrogen and oxygen atoms in total. The van der Waals surface area contributed by atoms with Crippen molar-refractivity contribution in [2.75, 3.05) is 13.1 Å². The van der Waals surface area contributed by atoms with E-state index in [0.717, 1.165) is 31.6 Å². The molecule has 22 heavy (non-hydrogen) atoms. The average molecular weight is 346 g/mol. The lowest BCUT2D eigenvalue weighted by Gasteiger charge is -2.29. The number of aromatic nitrogens is 1. The highest BCUT2D eigenvalue weighted by Gasteiger charge is 2.40. The molecule has 1 saturated carbocycles. The molecular weight excluding hydrogens is 321 g/mol. The highest BCUT2D eigenvalue weighted by Crippen LogP contribution is 2.35. The summed E-state index contributed by atoms with van der Waals surface area (Å²) >= 11 is 0. The van der Waals surface area contributed by atoms with Crippen LogP contribution in [0.15, 0.2) is 24.4 Å². The van der Waals surface area contributed by atoms with E-state index in [1.807, 2.05) is 23.1 Å². The third kappa shape index (κ3) is 4.34. The van der Waals surface area contributed by atoms with E-state index in [4.69, 9.17) is 5.73 Å². The van der Waals surface area contributed by atoms with Gasteiger partial charge in [-0.2, -0.15) is 0 Å². The van der Waals surface area contributed by atoms with Gasteiger partial charge in [-0.25, -0.2) is 0 Å². The smallest absolute Gasteiger partial charge is 0.222 e. The molecule has 3 unspecified atom stereocenters. The third-order valence-corrected chi connectivity index (χ3v) is 4.83. The van der Waals surface area contributed by atoms with Crippen molar-refractivity contribution in [3.8, 4) is 0 Å². The topological polar surface area (TPSA) is 59.2 Å². The molecule has 0 radical (unpaired) electrons. The lowest BCUT2D eigenvalue weighted by Crippen LogP contribution is -2.38. The van der Waals surface area contributed by atoms with E-state index >= 15 is 0 Å². The molecule has 0 aromatic carbocycles. The Bertz CT molecular complexity index is 472. The minimum Gasteiger partial charge on any atom is -0.342 e. The van der Waals surface area contributed by atoms with Crippen molar-refractivity contribution < 1.29 is 4.79 Å². The number of hydrogen-bond acceptors (Lipinski definition) is 3. The van der Waals surface area contributed by atoms with E-state index in [1.54, 1.807) is 6.20 Å². The first-order valence-corrected chi connectivity index (χ1v) is 7.67. The first-order chi connectivity index (χ1) is 9.74.